The van der Waals surface area contributed by atoms with E-state index in [1.807, 2.05) is 0 Å². The molecule has 2 heteroatoms. The molecule has 5 aromatic carbocycles. The fourth-order valence-electron chi connectivity index (χ4n) is 6.00. The first-order valence-electron chi connectivity index (χ1n) is 11.1. The van der Waals surface area contributed by atoms with E-state index in [-0.39, 0.29) is 5.41 Å². The molecule has 0 saturated heterocycles. The van der Waals surface area contributed by atoms with Gasteiger partial charge in [-0.05, 0) is 79.9 Å². The van der Waals surface area contributed by atoms with Crippen molar-refractivity contribution >= 4 is 31.9 Å². The molecule has 1 spiro atoms. The normalized spacial score (nSPS) is 14.0. The average molecular weight is 550 g/mol. The smallest absolute Gasteiger partial charge is 0.0619 e. The average Bonchev–Trinajstić information content (AvgIpc) is 3.31. The van der Waals surface area contributed by atoms with Gasteiger partial charge >= 0.3 is 0 Å². The first-order valence-corrected chi connectivity index (χ1v) is 12.7. The summed E-state index contributed by atoms with van der Waals surface area (Å²) < 4.78 is 2.14. The van der Waals surface area contributed by atoms with Gasteiger partial charge in [0, 0.05) is 8.95 Å². The van der Waals surface area contributed by atoms with Crippen LogP contribution in [0.15, 0.2) is 118 Å². The molecule has 5 aromatic rings. The van der Waals surface area contributed by atoms with Crippen molar-refractivity contribution in [2.45, 2.75) is 5.41 Å². The van der Waals surface area contributed by atoms with Crippen molar-refractivity contribution < 1.29 is 0 Å². The second-order valence-corrected chi connectivity index (χ2v) is 10.6. The monoisotopic (exact) mass is 548 g/mol. The third-order valence-electron chi connectivity index (χ3n) is 7.19. The Morgan fingerprint density at radius 1 is 0.394 bits per heavy atom. The highest BCUT2D eigenvalue weighted by Gasteiger charge is 2.51. The van der Waals surface area contributed by atoms with Gasteiger partial charge in [0.2, 0.25) is 0 Å². The number of hydrogen-bond donors (Lipinski definition) is 0. The lowest BCUT2D eigenvalue weighted by Gasteiger charge is -2.30. The molecule has 0 bridgehead atoms. The molecule has 0 fully saturated rings. The number of fused-ring (bicyclic) bond motifs is 10. The van der Waals surface area contributed by atoms with E-state index < -0.39 is 0 Å². The zero-order chi connectivity index (χ0) is 22.2. The van der Waals surface area contributed by atoms with Crippen LogP contribution in [0, 0.1) is 0 Å². The van der Waals surface area contributed by atoms with Gasteiger partial charge in [-0.3, -0.25) is 0 Å². The van der Waals surface area contributed by atoms with Crippen molar-refractivity contribution in [3.8, 4) is 33.4 Å². The second kappa shape index (κ2) is 7.03. The predicted molar refractivity (Wildman–Crippen MR) is 144 cm³/mol. The third kappa shape index (κ3) is 2.57. The van der Waals surface area contributed by atoms with Crippen LogP contribution in [-0.4, -0.2) is 0 Å². The minimum absolute atomic E-state index is 0.268. The Balaban J connectivity index is 1.58. The summed E-state index contributed by atoms with van der Waals surface area (Å²) in [5.74, 6) is 0. The van der Waals surface area contributed by atoms with Gasteiger partial charge in [-0.1, -0.05) is 117 Å². The van der Waals surface area contributed by atoms with E-state index in [9.17, 15) is 0 Å². The molecule has 156 valence electrons. The van der Waals surface area contributed by atoms with Crippen LogP contribution in [0.3, 0.4) is 0 Å². The van der Waals surface area contributed by atoms with Crippen molar-refractivity contribution in [1.29, 1.82) is 0 Å². The highest BCUT2D eigenvalue weighted by Crippen LogP contribution is 2.62. The quantitative estimate of drug-likeness (QED) is 0.191. The summed E-state index contributed by atoms with van der Waals surface area (Å²) in [6, 6.07) is 40.3. The molecule has 0 saturated carbocycles. The lowest BCUT2D eigenvalue weighted by Crippen LogP contribution is -2.25. The summed E-state index contributed by atoms with van der Waals surface area (Å²) in [4.78, 5) is 0. The van der Waals surface area contributed by atoms with E-state index in [4.69, 9.17) is 0 Å². The van der Waals surface area contributed by atoms with E-state index in [2.05, 4.69) is 141 Å². The number of hydrogen-bond acceptors (Lipinski definition) is 0. The van der Waals surface area contributed by atoms with Crippen molar-refractivity contribution in [3.63, 3.8) is 0 Å². The molecule has 0 aromatic heterocycles. The Labute approximate surface area is 210 Å². The lowest BCUT2D eigenvalue weighted by molar-refractivity contribution is 0.794. The topological polar surface area (TPSA) is 0 Å². The van der Waals surface area contributed by atoms with Gasteiger partial charge < -0.3 is 0 Å². The molecule has 0 atom stereocenters. The van der Waals surface area contributed by atoms with Crippen LogP contribution < -0.4 is 0 Å². The van der Waals surface area contributed by atoms with E-state index in [1.165, 1.54) is 55.6 Å². The zero-order valence-electron chi connectivity index (χ0n) is 17.6. The minimum Gasteiger partial charge on any atom is -0.0619 e. The van der Waals surface area contributed by atoms with Gasteiger partial charge in [-0.15, -0.1) is 0 Å². The van der Waals surface area contributed by atoms with Gasteiger partial charge in [0.15, 0.2) is 0 Å². The first-order chi connectivity index (χ1) is 16.2. The molecule has 0 heterocycles. The van der Waals surface area contributed by atoms with Gasteiger partial charge in [-0.25, -0.2) is 0 Å². The zero-order valence-corrected chi connectivity index (χ0v) is 20.8. The SMILES string of the molecule is Brc1cc(Br)cc(-c2ccc3c(c2)-c2ccccc2C32c3ccccc3-c3ccccc32)c1. The van der Waals surface area contributed by atoms with Gasteiger partial charge in [-0.2, -0.15) is 0 Å². The summed E-state index contributed by atoms with van der Waals surface area (Å²) in [5.41, 5.74) is 13.0. The summed E-state index contributed by atoms with van der Waals surface area (Å²) in [7, 11) is 0. The van der Waals surface area contributed by atoms with Crippen molar-refractivity contribution in [2.75, 3.05) is 0 Å². The molecule has 0 aliphatic heterocycles. The van der Waals surface area contributed by atoms with Crippen LogP contribution in [0.5, 0.6) is 0 Å². The molecule has 0 amide bonds. The fourth-order valence-corrected chi connectivity index (χ4v) is 7.29. The number of rotatable bonds is 1. The Morgan fingerprint density at radius 2 is 0.848 bits per heavy atom. The van der Waals surface area contributed by atoms with Crippen LogP contribution in [-0.2, 0) is 5.41 Å². The van der Waals surface area contributed by atoms with Crippen molar-refractivity contribution in [3.05, 3.63) is 140 Å². The minimum atomic E-state index is -0.268. The highest BCUT2D eigenvalue weighted by molar-refractivity contribution is 9.11. The van der Waals surface area contributed by atoms with Crippen LogP contribution in [0.2, 0.25) is 0 Å². The summed E-state index contributed by atoms with van der Waals surface area (Å²) in [5, 5.41) is 0. The largest absolute Gasteiger partial charge is 0.0725 e. The maximum atomic E-state index is 3.65. The number of halogens is 2. The van der Waals surface area contributed by atoms with E-state index in [0.717, 1.165) is 8.95 Å². The summed E-state index contributed by atoms with van der Waals surface area (Å²) in [6.07, 6.45) is 0. The molecule has 0 N–H and O–H groups in total. The first kappa shape index (κ1) is 19.5. The molecule has 33 heavy (non-hydrogen) atoms. The summed E-state index contributed by atoms with van der Waals surface area (Å²) >= 11 is 7.31. The number of benzene rings is 5. The Kier molecular flexibility index (Phi) is 4.16. The Morgan fingerprint density at radius 3 is 1.39 bits per heavy atom. The molecule has 0 radical (unpaired) electrons. The fraction of sp³-hybridized carbons (Fsp3) is 0.0323. The van der Waals surface area contributed by atoms with Gasteiger partial charge in [0.25, 0.3) is 0 Å². The van der Waals surface area contributed by atoms with Crippen LogP contribution in [0.25, 0.3) is 33.4 Å². The van der Waals surface area contributed by atoms with Crippen molar-refractivity contribution in [2.24, 2.45) is 0 Å². The summed E-state index contributed by atoms with van der Waals surface area (Å²) in [6.45, 7) is 0. The van der Waals surface area contributed by atoms with Crippen LogP contribution >= 0.6 is 31.9 Å². The highest BCUT2D eigenvalue weighted by atomic mass is 79.9. The molecule has 0 nitrogen and oxygen atoms in total. The van der Waals surface area contributed by atoms with E-state index >= 15 is 0 Å². The maximum absolute atomic E-state index is 3.65. The second-order valence-electron chi connectivity index (χ2n) is 8.81. The molecular weight excluding hydrogens is 532 g/mol. The van der Waals surface area contributed by atoms with E-state index in [0.29, 0.717) is 0 Å². The third-order valence-corrected chi connectivity index (χ3v) is 8.11. The van der Waals surface area contributed by atoms with Crippen molar-refractivity contribution in [1.82, 2.24) is 0 Å². The van der Waals surface area contributed by atoms with Gasteiger partial charge in [0.05, 0.1) is 5.41 Å². The standard InChI is InChI=1S/C31H18Br2/c32-21-15-20(16-22(33)18-21)19-13-14-30-26(17-19)25-9-3-6-12-29(25)31(30)27-10-4-1-7-23(27)24-8-2-5-11-28(24)31/h1-18H. The molecule has 2 aliphatic rings. The van der Waals surface area contributed by atoms with Gasteiger partial charge in [0.1, 0.15) is 0 Å². The van der Waals surface area contributed by atoms with Crippen LogP contribution in [0.4, 0.5) is 0 Å². The molecular formula is C31H18Br2. The Hall–Kier alpha value is -2.94. The molecule has 2 aliphatic carbocycles. The lowest BCUT2D eigenvalue weighted by atomic mass is 9.70. The maximum Gasteiger partial charge on any atom is 0.0725 e. The molecule has 0 unspecified atom stereocenters. The van der Waals surface area contributed by atoms with E-state index in [1.54, 1.807) is 0 Å². The molecule has 7 rings (SSSR count). The Bertz CT molecular complexity index is 1530. The van der Waals surface area contributed by atoms with Crippen LogP contribution in [0.1, 0.15) is 22.3 Å². The predicted octanol–water partition coefficient (Wildman–Crippen LogP) is 9.22.